The fourth-order valence-corrected chi connectivity index (χ4v) is 3.38. The van der Waals surface area contributed by atoms with Gasteiger partial charge >= 0.3 is 12.0 Å². The number of likely N-dealkylation sites (N-methyl/N-ethyl adjacent to an activating group) is 1. The summed E-state index contributed by atoms with van der Waals surface area (Å²) < 4.78 is 1.98. The van der Waals surface area contributed by atoms with Gasteiger partial charge in [-0.05, 0) is 19.8 Å². The van der Waals surface area contributed by atoms with Gasteiger partial charge in [0.2, 0.25) is 11.9 Å². The van der Waals surface area contributed by atoms with Crippen molar-refractivity contribution in [1.82, 2.24) is 14.8 Å². The van der Waals surface area contributed by atoms with Crippen LogP contribution in [0.25, 0.3) is 0 Å². The first-order valence-corrected chi connectivity index (χ1v) is 9.12. The number of hydrogen-bond acceptors (Lipinski definition) is 5. The predicted octanol–water partition coefficient (Wildman–Crippen LogP) is 1.32. The van der Waals surface area contributed by atoms with E-state index in [1.807, 2.05) is 23.4 Å². The van der Waals surface area contributed by atoms with Crippen LogP contribution in [0.3, 0.4) is 0 Å². The van der Waals surface area contributed by atoms with Gasteiger partial charge in [-0.2, -0.15) is 0 Å². The number of amidine groups is 1. The van der Waals surface area contributed by atoms with Crippen molar-refractivity contribution in [2.24, 2.45) is 10.1 Å². The number of carbonyl (C=O) groups excluding carboxylic acids is 2. The second kappa shape index (κ2) is 6.93. The number of urea groups is 1. The number of unbranched alkanes of at least 4 members (excludes halogenated alkanes) is 2. The van der Waals surface area contributed by atoms with Gasteiger partial charge in [0.1, 0.15) is 6.54 Å². The highest BCUT2D eigenvalue weighted by Gasteiger charge is 2.54. The van der Waals surface area contributed by atoms with Gasteiger partial charge in [-0.15, -0.1) is 10.1 Å². The van der Waals surface area contributed by atoms with E-state index in [2.05, 4.69) is 17.0 Å². The first kappa shape index (κ1) is 17.6. The maximum absolute atomic E-state index is 13.0. The molecule has 3 aliphatic rings. The Balaban J connectivity index is 1.94. The van der Waals surface area contributed by atoms with E-state index in [0.717, 1.165) is 37.9 Å². The van der Waals surface area contributed by atoms with Crippen LogP contribution in [0.4, 0.5) is 4.79 Å². The second-order valence-corrected chi connectivity index (χ2v) is 6.80. The summed E-state index contributed by atoms with van der Waals surface area (Å²) >= 11 is 0. The molecule has 0 bridgehead atoms. The van der Waals surface area contributed by atoms with Crippen LogP contribution in [0.5, 0.6) is 0 Å². The number of hydrazone groups is 1. The quantitative estimate of drug-likeness (QED) is 0.680. The summed E-state index contributed by atoms with van der Waals surface area (Å²) in [6, 6.07) is -0.809. The molecule has 1 fully saturated rings. The Morgan fingerprint density at radius 1 is 1.16 bits per heavy atom. The van der Waals surface area contributed by atoms with Crippen LogP contribution in [-0.4, -0.2) is 81.6 Å². The monoisotopic (exact) mass is 347 g/mol. The van der Waals surface area contributed by atoms with E-state index in [1.165, 1.54) is 9.80 Å². The molecule has 0 spiro atoms. The van der Waals surface area contributed by atoms with Gasteiger partial charge in [-0.3, -0.25) is 14.6 Å². The number of aliphatic imine (C=N–C) groups is 1. The summed E-state index contributed by atoms with van der Waals surface area (Å²) in [5.41, 5.74) is 0.948. The molecule has 0 aromatic rings. The molecule has 3 rings (SSSR count). The number of nitrogens with zero attached hydrogens (tertiary/aromatic N) is 6. The highest BCUT2D eigenvalue weighted by molar-refractivity contribution is 6.23. The Bertz CT molecular complexity index is 681. The molecular weight excluding hydrogens is 320 g/mol. The van der Waals surface area contributed by atoms with E-state index in [1.54, 1.807) is 7.05 Å². The van der Waals surface area contributed by atoms with E-state index < -0.39 is 6.04 Å². The van der Waals surface area contributed by atoms with Gasteiger partial charge in [0.15, 0.2) is 0 Å². The molecule has 0 aromatic carbocycles. The van der Waals surface area contributed by atoms with Gasteiger partial charge in [0, 0.05) is 13.6 Å². The van der Waals surface area contributed by atoms with Gasteiger partial charge in [0.05, 0.1) is 12.3 Å². The number of rotatable bonds is 6. The lowest BCUT2D eigenvalue weighted by Crippen LogP contribution is -2.63. The lowest BCUT2D eigenvalue weighted by atomic mass is 10.1. The van der Waals surface area contributed by atoms with Crippen molar-refractivity contribution in [3.63, 3.8) is 0 Å². The van der Waals surface area contributed by atoms with E-state index in [-0.39, 0.29) is 11.9 Å². The molecule has 8 heteroatoms. The molecule has 3 amide bonds. The maximum atomic E-state index is 13.0. The average molecular weight is 347 g/mol. The van der Waals surface area contributed by atoms with Crippen molar-refractivity contribution in [3.8, 4) is 0 Å². The standard InChI is InChI=1S/C17H27N6O2/c1-5-7-9-21-15(24)13-14(20(4)17(21)25)18-16-22(13)11-12(3)19-23(16)10-8-6-2/h13H,5-11H2,1-4H3/q+1. The van der Waals surface area contributed by atoms with Crippen LogP contribution >= 0.6 is 0 Å². The maximum Gasteiger partial charge on any atom is 0.416 e. The Kier molecular flexibility index (Phi) is 4.87. The summed E-state index contributed by atoms with van der Waals surface area (Å²) in [6.45, 7) is 7.92. The van der Waals surface area contributed by atoms with Gasteiger partial charge in [-0.25, -0.2) is 9.37 Å². The van der Waals surface area contributed by atoms with Crippen molar-refractivity contribution in [3.05, 3.63) is 0 Å². The van der Waals surface area contributed by atoms with Crippen LogP contribution in [0, 0.1) is 0 Å². The number of amides is 3. The smallest absolute Gasteiger partial charge is 0.270 e. The lowest BCUT2D eigenvalue weighted by Gasteiger charge is -2.34. The molecule has 3 heterocycles. The normalized spacial score (nSPS) is 23.0. The third-order valence-corrected chi connectivity index (χ3v) is 4.77. The van der Waals surface area contributed by atoms with Gasteiger partial charge in [0.25, 0.3) is 5.91 Å². The molecule has 3 aliphatic heterocycles. The number of fused-ring (bicyclic) bond motifs is 2. The summed E-state index contributed by atoms with van der Waals surface area (Å²) in [5, 5.41) is 6.46. The highest BCUT2D eigenvalue weighted by Crippen LogP contribution is 2.23. The Hall–Kier alpha value is -2.25. The zero-order valence-electron chi connectivity index (χ0n) is 15.5. The molecule has 1 unspecified atom stereocenters. The number of guanidine groups is 1. The van der Waals surface area contributed by atoms with Crippen LogP contribution in [0.1, 0.15) is 46.5 Å². The molecule has 0 aromatic heterocycles. The molecule has 0 aliphatic carbocycles. The molecule has 1 atom stereocenters. The molecule has 1 saturated heterocycles. The van der Waals surface area contributed by atoms with Crippen molar-refractivity contribution >= 4 is 29.4 Å². The van der Waals surface area contributed by atoms with E-state index in [0.29, 0.717) is 24.9 Å². The summed E-state index contributed by atoms with van der Waals surface area (Å²) in [6.07, 6.45) is 3.80. The Labute approximate surface area is 148 Å². The van der Waals surface area contributed by atoms with Crippen LogP contribution in [-0.2, 0) is 4.79 Å². The summed E-state index contributed by atoms with van der Waals surface area (Å²) in [4.78, 5) is 33.1. The first-order chi connectivity index (χ1) is 12.0. The predicted molar refractivity (Wildman–Crippen MR) is 95.9 cm³/mol. The van der Waals surface area contributed by atoms with Crippen molar-refractivity contribution < 1.29 is 14.2 Å². The number of hydrogen-bond donors (Lipinski definition) is 0. The minimum Gasteiger partial charge on any atom is -0.270 e. The zero-order valence-corrected chi connectivity index (χ0v) is 15.5. The highest BCUT2D eigenvalue weighted by atomic mass is 16.2. The molecule has 0 saturated carbocycles. The zero-order chi connectivity index (χ0) is 18.1. The Morgan fingerprint density at radius 3 is 2.52 bits per heavy atom. The third-order valence-electron chi connectivity index (χ3n) is 4.77. The van der Waals surface area contributed by atoms with Crippen LogP contribution < -0.4 is 0 Å². The second-order valence-electron chi connectivity index (χ2n) is 6.80. The Morgan fingerprint density at radius 2 is 1.84 bits per heavy atom. The van der Waals surface area contributed by atoms with E-state index in [4.69, 9.17) is 0 Å². The number of carbonyl (C=O) groups is 2. The van der Waals surface area contributed by atoms with E-state index in [9.17, 15) is 9.59 Å². The minimum atomic E-state index is -0.524. The van der Waals surface area contributed by atoms with Crippen LogP contribution in [0.2, 0.25) is 0 Å². The van der Waals surface area contributed by atoms with Gasteiger partial charge < -0.3 is 0 Å². The lowest BCUT2D eigenvalue weighted by molar-refractivity contribution is -0.527. The number of imide groups is 1. The average Bonchev–Trinajstić information content (AvgIpc) is 2.97. The molecule has 25 heavy (non-hydrogen) atoms. The fourth-order valence-electron chi connectivity index (χ4n) is 3.38. The van der Waals surface area contributed by atoms with Crippen molar-refractivity contribution in [2.75, 3.05) is 26.7 Å². The summed E-state index contributed by atoms with van der Waals surface area (Å²) in [5.74, 6) is 1.03. The van der Waals surface area contributed by atoms with Crippen molar-refractivity contribution in [2.45, 2.75) is 52.5 Å². The molecular formula is C17H27N6O2+. The molecule has 0 N–H and O–H groups in total. The van der Waals surface area contributed by atoms with Crippen molar-refractivity contribution in [1.29, 1.82) is 0 Å². The SMILES string of the molecule is CCCCN1N=C(C)C[N+]2=C1N=C1C2C(=O)N(CCCC)C(=O)N1C. The van der Waals surface area contributed by atoms with E-state index >= 15 is 0 Å². The largest absolute Gasteiger partial charge is 0.416 e. The molecule has 8 nitrogen and oxygen atoms in total. The van der Waals surface area contributed by atoms with Gasteiger partial charge in [-0.1, -0.05) is 31.7 Å². The van der Waals surface area contributed by atoms with Crippen LogP contribution in [0.15, 0.2) is 10.1 Å². The topological polar surface area (TPSA) is 71.6 Å². The summed E-state index contributed by atoms with van der Waals surface area (Å²) in [7, 11) is 1.70. The first-order valence-electron chi connectivity index (χ1n) is 9.12. The third kappa shape index (κ3) is 2.94. The molecule has 0 radical (unpaired) electrons. The fraction of sp³-hybridized carbons (Fsp3) is 0.706. The molecule has 136 valence electrons. The minimum absolute atomic E-state index is 0.171.